The summed E-state index contributed by atoms with van der Waals surface area (Å²) in [6, 6.07) is 1.44. The van der Waals surface area contributed by atoms with Crippen molar-refractivity contribution < 1.29 is 14.6 Å². The van der Waals surface area contributed by atoms with Crippen LogP contribution in [-0.4, -0.2) is 19.3 Å². The molecule has 0 spiro atoms. The van der Waals surface area contributed by atoms with Crippen molar-refractivity contribution in [3.8, 4) is 17.2 Å². The van der Waals surface area contributed by atoms with E-state index in [-0.39, 0.29) is 10.8 Å². The van der Waals surface area contributed by atoms with Gasteiger partial charge in [0.1, 0.15) is 5.75 Å². The number of halogens is 1. The fourth-order valence-electron chi connectivity index (χ4n) is 2.21. The first-order chi connectivity index (χ1) is 8.03. The minimum absolute atomic E-state index is 0.0314. The highest BCUT2D eigenvalue weighted by Gasteiger charge is 2.40. The van der Waals surface area contributed by atoms with Gasteiger partial charge < -0.3 is 20.3 Å². The van der Waals surface area contributed by atoms with Gasteiger partial charge in [-0.15, -0.1) is 0 Å². The van der Waals surface area contributed by atoms with Crippen LogP contribution in [0.15, 0.2) is 6.07 Å². The molecule has 0 aromatic heterocycles. The fourth-order valence-corrected chi connectivity index (χ4v) is 2.54. The van der Waals surface area contributed by atoms with Crippen molar-refractivity contribution in [2.24, 2.45) is 5.73 Å². The van der Waals surface area contributed by atoms with Crippen LogP contribution >= 0.6 is 11.6 Å². The summed E-state index contributed by atoms with van der Waals surface area (Å²) in [4.78, 5) is 0. The molecule has 0 amide bonds. The van der Waals surface area contributed by atoms with Crippen LogP contribution in [0.1, 0.15) is 24.8 Å². The molecule has 0 heterocycles. The number of benzene rings is 1. The van der Waals surface area contributed by atoms with Crippen LogP contribution in [-0.2, 0) is 5.54 Å². The second-order valence-corrected chi connectivity index (χ2v) is 4.71. The summed E-state index contributed by atoms with van der Waals surface area (Å²) in [6.45, 7) is 0. The Labute approximate surface area is 105 Å². The molecule has 1 aromatic rings. The minimum Gasteiger partial charge on any atom is -0.506 e. The zero-order chi connectivity index (χ0) is 12.6. The number of phenols is 1. The Kier molecular flexibility index (Phi) is 3.10. The predicted molar refractivity (Wildman–Crippen MR) is 65.9 cm³/mol. The molecule has 2 rings (SSSR count). The van der Waals surface area contributed by atoms with E-state index in [0.29, 0.717) is 17.1 Å². The summed E-state index contributed by atoms with van der Waals surface area (Å²) in [5.41, 5.74) is 6.39. The van der Waals surface area contributed by atoms with Gasteiger partial charge in [0.05, 0.1) is 19.2 Å². The lowest BCUT2D eigenvalue weighted by atomic mass is 9.72. The second-order valence-electron chi connectivity index (χ2n) is 4.33. The molecule has 1 saturated carbocycles. The van der Waals surface area contributed by atoms with Gasteiger partial charge in [0.25, 0.3) is 0 Å². The van der Waals surface area contributed by atoms with E-state index in [1.165, 1.54) is 20.3 Å². The first-order valence-corrected chi connectivity index (χ1v) is 5.84. The number of nitrogens with two attached hydrogens (primary N) is 1. The molecule has 0 aliphatic heterocycles. The molecular formula is C12H16ClNO3. The summed E-state index contributed by atoms with van der Waals surface area (Å²) in [6.07, 6.45) is 2.71. The third kappa shape index (κ3) is 1.81. The maximum atomic E-state index is 9.79. The first-order valence-electron chi connectivity index (χ1n) is 5.46. The van der Waals surface area contributed by atoms with E-state index >= 15 is 0 Å². The van der Waals surface area contributed by atoms with Crippen molar-refractivity contribution in [2.75, 3.05) is 14.2 Å². The summed E-state index contributed by atoms with van der Waals surface area (Å²) in [5, 5.41) is 10.0. The van der Waals surface area contributed by atoms with Crippen LogP contribution < -0.4 is 15.2 Å². The van der Waals surface area contributed by atoms with Crippen LogP contribution in [0.3, 0.4) is 0 Å². The molecule has 5 heteroatoms. The molecular weight excluding hydrogens is 242 g/mol. The maximum absolute atomic E-state index is 9.79. The zero-order valence-corrected chi connectivity index (χ0v) is 10.7. The number of hydrogen-bond acceptors (Lipinski definition) is 4. The van der Waals surface area contributed by atoms with Crippen LogP contribution in [0.25, 0.3) is 0 Å². The molecule has 4 nitrogen and oxygen atoms in total. The van der Waals surface area contributed by atoms with Crippen molar-refractivity contribution in [3.63, 3.8) is 0 Å². The maximum Gasteiger partial charge on any atom is 0.167 e. The summed E-state index contributed by atoms with van der Waals surface area (Å²) >= 11 is 6.14. The molecule has 1 fully saturated rings. The van der Waals surface area contributed by atoms with Gasteiger partial charge in [0.15, 0.2) is 11.5 Å². The van der Waals surface area contributed by atoms with Crippen LogP contribution in [0.5, 0.6) is 17.2 Å². The van der Waals surface area contributed by atoms with E-state index in [1.807, 2.05) is 0 Å². The van der Waals surface area contributed by atoms with E-state index < -0.39 is 5.54 Å². The van der Waals surface area contributed by atoms with E-state index in [4.69, 9.17) is 26.8 Å². The molecule has 94 valence electrons. The first kappa shape index (κ1) is 12.3. The van der Waals surface area contributed by atoms with Gasteiger partial charge in [0.2, 0.25) is 0 Å². The standard InChI is InChI=1S/C12H16ClNO3/c1-16-8-6-7(15)10(13)9(11(8)17-2)12(14)4-3-5-12/h6,15H,3-5,14H2,1-2H3. The van der Waals surface area contributed by atoms with Crippen molar-refractivity contribution in [1.82, 2.24) is 0 Å². The lowest BCUT2D eigenvalue weighted by Gasteiger charge is -2.40. The van der Waals surface area contributed by atoms with Gasteiger partial charge in [-0.05, 0) is 19.3 Å². The number of rotatable bonds is 3. The summed E-state index contributed by atoms with van der Waals surface area (Å²) in [5.74, 6) is 0.926. The highest BCUT2D eigenvalue weighted by molar-refractivity contribution is 6.33. The van der Waals surface area contributed by atoms with Gasteiger partial charge in [-0.3, -0.25) is 0 Å². The molecule has 17 heavy (non-hydrogen) atoms. The van der Waals surface area contributed by atoms with E-state index in [9.17, 15) is 5.11 Å². The average Bonchev–Trinajstić information content (AvgIpc) is 2.28. The molecule has 3 N–H and O–H groups in total. The molecule has 0 radical (unpaired) electrons. The molecule has 1 aromatic carbocycles. The van der Waals surface area contributed by atoms with Crippen LogP contribution in [0.2, 0.25) is 5.02 Å². The van der Waals surface area contributed by atoms with Crippen molar-refractivity contribution >= 4 is 11.6 Å². The quantitative estimate of drug-likeness (QED) is 0.873. The summed E-state index contributed by atoms with van der Waals surface area (Å²) < 4.78 is 10.5. The number of ether oxygens (including phenoxy) is 2. The molecule has 0 unspecified atom stereocenters. The van der Waals surface area contributed by atoms with E-state index in [2.05, 4.69) is 0 Å². The van der Waals surface area contributed by atoms with Crippen molar-refractivity contribution in [2.45, 2.75) is 24.8 Å². The van der Waals surface area contributed by atoms with Gasteiger partial charge in [-0.2, -0.15) is 0 Å². The van der Waals surface area contributed by atoms with Gasteiger partial charge >= 0.3 is 0 Å². The Bertz CT molecular complexity index is 444. The highest BCUT2D eigenvalue weighted by Crippen LogP contribution is 2.51. The molecule has 1 aliphatic rings. The highest BCUT2D eigenvalue weighted by atomic mass is 35.5. The SMILES string of the molecule is COc1cc(O)c(Cl)c(C2(N)CCC2)c1OC. The predicted octanol–water partition coefficient (Wildman–Crippen LogP) is 2.40. The van der Waals surface area contributed by atoms with E-state index in [0.717, 1.165) is 19.3 Å². The zero-order valence-electron chi connectivity index (χ0n) is 9.92. The molecule has 0 bridgehead atoms. The van der Waals surface area contributed by atoms with Gasteiger partial charge in [0, 0.05) is 17.2 Å². The smallest absolute Gasteiger partial charge is 0.167 e. The number of methoxy groups -OCH3 is 2. The number of phenolic OH excluding ortho intramolecular Hbond substituents is 1. The number of hydrogen-bond donors (Lipinski definition) is 2. The Morgan fingerprint density at radius 2 is 2.00 bits per heavy atom. The molecule has 1 aliphatic carbocycles. The van der Waals surface area contributed by atoms with E-state index in [1.54, 1.807) is 0 Å². The third-order valence-corrected chi connectivity index (χ3v) is 3.71. The Balaban J connectivity index is 2.65. The Morgan fingerprint density at radius 3 is 2.41 bits per heavy atom. The lowest BCUT2D eigenvalue weighted by molar-refractivity contribution is 0.239. The summed E-state index contributed by atoms with van der Waals surface area (Å²) in [7, 11) is 3.05. The molecule has 0 atom stereocenters. The van der Waals surface area contributed by atoms with Crippen LogP contribution in [0, 0.1) is 0 Å². The van der Waals surface area contributed by atoms with Gasteiger partial charge in [-0.1, -0.05) is 11.6 Å². The van der Waals surface area contributed by atoms with Crippen LogP contribution in [0.4, 0.5) is 0 Å². The fraction of sp³-hybridized carbons (Fsp3) is 0.500. The lowest BCUT2D eigenvalue weighted by Crippen LogP contribution is -2.43. The normalized spacial score (nSPS) is 17.4. The second kappa shape index (κ2) is 4.27. The Hall–Kier alpha value is -1.13. The number of aromatic hydroxyl groups is 1. The minimum atomic E-state index is -0.519. The van der Waals surface area contributed by atoms with Crippen molar-refractivity contribution in [3.05, 3.63) is 16.7 Å². The Morgan fingerprint density at radius 1 is 1.35 bits per heavy atom. The molecule has 0 saturated heterocycles. The topological polar surface area (TPSA) is 64.7 Å². The largest absolute Gasteiger partial charge is 0.506 e. The van der Waals surface area contributed by atoms with Gasteiger partial charge in [-0.25, -0.2) is 0 Å². The monoisotopic (exact) mass is 257 g/mol. The third-order valence-electron chi connectivity index (χ3n) is 3.33. The van der Waals surface area contributed by atoms with Crippen molar-refractivity contribution in [1.29, 1.82) is 0 Å². The average molecular weight is 258 g/mol.